The Bertz CT molecular complexity index is 610. The molecule has 0 amide bonds. The van der Waals surface area contributed by atoms with Crippen LogP contribution in [0.15, 0.2) is 42.1 Å². The van der Waals surface area contributed by atoms with Crippen molar-refractivity contribution in [1.29, 1.82) is 0 Å². The smallest absolute Gasteiger partial charge is 0.340 e. The molecular formula is C13H10ClNO3. The number of ether oxygens (including phenoxy) is 1. The first-order valence-corrected chi connectivity index (χ1v) is 5.66. The lowest BCUT2D eigenvalue weighted by Crippen LogP contribution is -2.05. The molecule has 0 aliphatic rings. The molecule has 0 fully saturated rings. The van der Waals surface area contributed by atoms with Gasteiger partial charge >= 0.3 is 5.97 Å². The molecule has 2 rings (SSSR count). The molecule has 0 spiro atoms. The fourth-order valence-corrected chi connectivity index (χ4v) is 1.70. The van der Waals surface area contributed by atoms with Crippen LogP contribution in [0.3, 0.4) is 0 Å². The Kier molecular flexibility index (Phi) is 3.79. The van der Waals surface area contributed by atoms with E-state index in [-0.39, 0.29) is 17.9 Å². The minimum atomic E-state index is -1.04. The molecule has 0 unspecified atom stereocenters. The second-order valence-electron chi connectivity index (χ2n) is 3.49. The highest BCUT2D eigenvalue weighted by atomic mass is 35.5. The fourth-order valence-electron chi connectivity index (χ4n) is 1.63. The first-order valence-electron chi connectivity index (χ1n) is 5.23. The lowest BCUT2D eigenvalue weighted by molar-refractivity contribution is 0.0695. The van der Waals surface area contributed by atoms with E-state index in [1.807, 2.05) is 0 Å². The van der Waals surface area contributed by atoms with Gasteiger partial charge in [0.25, 0.3) is 0 Å². The van der Waals surface area contributed by atoms with Gasteiger partial charge in [0.05, 0.1) is 11.7 Å². The van der Waals surface area contributed by atoms with Crippen LogP contribution in [0.1, 0.15) is 10.4 Å². The zero-order valence-corrected chi connectivity index (χ0v) is 10.1. The summed E-state index contributed by atoms with van der Waals surface area (Å²) in [7, 11) is 0. The maximum Gasteiger partial charge on any atom is 0.340 e. The van der Waals surface area contributed by atoms with Crippen molar-refractivity contribution in [2.75, 3.05) is 6.61 Å². The first kappa shape index (κ1) is 12.4. The van der Waals surface area contributed by atoms with Crippen molar-refractivity contribution in [3.8, 4) is 5.75 Å². The molecule has 5 heteroatoms. The number of benzene rings is 1. The number of aromatic nitrogens is 1. The van der Waals surface area contributed by atoms with Crippen LogP contribution >= 0.6 is 11.6 Å². The van der Waals surface area contributed by atoms with Gasteiger partial charge in [-0.15, -0.1) is 0 Å². The molecule has 0 aliphatic carbocycles. The van der Waals surface area contributed by atoms with Gasteiger partial charge in [-0.25, -0.2) is 4.79 Å². The second kappa shape index (κ2) is 5.51. The van der Waals surface area contributed by atoms with E-state index >= 15 is 0 Å². The first-order chi connectivity index (χ1) is 8.74. The van der Waals surface area contributed by atoms with Crippen LogP contribution < -0.4 is 4.74 Å². The van der Waals surface area contributed by atoms with Crippen LogP contribution in [0.2, 0.25) is 0 Å². The van der Waals surface area contributed by atoms with Crippen molar-refractivity contribution in [2.24, 2.45) is 0 Å². The standard InChI is InChI=1S/C13H10ClNO3/c14-6-3-7-18-11-8-15-10-5-2-1-4-9(10)12(11)13(16)17/h1-6,8H,7H2,(H,16,17). The Labute approximate surface area is 108 Å². The summed E-state index contributed by atoms with van der Waals surface area (Å²) in [6.07, 6.45) is 2.98. The van der Waals surface area contributed by atoms with Crippen molar-refractivity contribution >= 4 is 28.5 Å². The van der Waals surface area contributed by atoms with Crippen molar-refractivity contribution in [1.82, 2.24) is 4.98 Å². The highest BCUT2D eigenvalue weighted by Gasteiger charge is 2.16. The summed E-state index contributed by atoms with van der Waals surface area (Å²) in [5.74, 6) is -0.811. The van der Waals surface area contributed by atoms with Gasteiger partial charge in [0.2, 0.25) is 0 Å². The number of rotatable bonds is 4. The predicted octanol–water partition coefficient (Wildman–Crippen LogP) is 3.06. The van der Waals surface area contributed by atoms with E-state index in [1.165, 1.54) is 11.7 Å². The van der Waals surface area contributed by atoms with Gasteiger partial charge in [0.1, 0.15) is 12.2 Å². The fraction of sp³-hybridized carbons (Fsp3) is 0.0769. The molecule has 1 aromatic heterocycles. The number of para-hydroxylation sites is 1. The van der Waals surface area contributed by atoms with Crippen LogP contribution in [0.5, 0.6) is 5.75 Å². The molecule has 0 saturated heterocycles. The molecule has 0 saturated carbocycles. The maximum absolute atomic E-state index is 11.3. The molecular weight excluding hydrogens is 254 g/mol. The Hall–Kier alpha value is -2.07. The lowest BCUT2D eigenvalue weighted by atomic mass is 10.1. The summed E-state index contributed by atoms with van der Waals surface area (Å²) in [6.45, 7) is 0.198. The van der Waals surface area contributed by atoms with Gasteiger partial charge in [-0.2, -0.15) is 0 Å². The molecule has 0 atom stereocenters. The highest BCUT2D eigenvalue weighted by Crippen LogP contribution is 2.26. The van der Waals surface area contributed by atoms with E-state index in [1.54, 1.807) is 30.3 Å². The third kappa shape index (κ3) is 2.43. The molecule has 0 radical (unpaired) electrons. The molecule has 0 bridgehead atoms. The van der Waals surface area contributed by atoms with Crippen molar-refractivity contribution in [3.05, 3.63) is 47.6 Å². The Balaban J connectivity index is 2.52. The Morgan fingerprint density at radius 2 is 2.22 bits per heavy atom. The van der Waals surface area contributed by atoms with Gasteiger partial charge in [-0.3, -0.25) is 4.98 Å². The molecule has 0 aliphatic heterocycles. The SMILES string of the molecule is O=C(O)c1c(OCC=CCl)cnc2ccccc12. The number of nitrogens with zero attached hydrogens (tertiary/aromatic N) is 1. The highest BCUT2D eigenvalue weighted by molar-refractivity contribution is 6.25. The Morgan fingerprint density at radius 1 is 1.44 bits per heavy atom. The topological polar surface area (TPSA) is 59.4 Å². The van der Waals surface area contributed by atoms with Crippen LogP contribution in [0.4, 0.5) is 0 Å². The molecule has 18 heavy (non-hydrogen) atoms. The number of carbonyl (C=O) groups is 1. The van der Waals surface area contributed by atoms with Crippen LogP contribution in [0, 0.1) is 0 Å². The van der Waals surface area contributed by atoms with Crippen LogP contribution in [-0.4, -0.2) is 22.7 Å². The van der Waals surface area contributed by atoms with E-state index in [9.17, 15) is 9.90 Å². The van der Waals surface area contributed by atoms with Crippen molar-refractivity contribution in [2.45, 2.75) is 0 Å². The summed E-state index contributed by atoms with van der Waals surface area (Å²) in [4.78, 5) is 15.5. The summed E-state index contributed by atoms with van der Waals surface area (Å²) in [6, 6.07) is 7.02. The predicted molar refractivity (Wildman–Crippen MR) is 69.2 cm³/mol. The van der Waals surface area contributed by atoms with Gasteiger partial charge in [-0.05, 0) is 12.1 Å². The van der Waals surface area contributed by atoms with Crippen molar-refractivity contribution in [3.63, 3.8) is 0 Å². The number of hydrogen-bond acceptors (Lipinski definition) is 3. The normalized spacial score (nSPS) is 10.9. The molecule has 1 N–H and O–H groups in total. The molecule has 2 aromatic rings. The second-order valence-corrected chi connectivity index (χ2v) is 3.74. The van der Waals surface area contributed by atoms with E-state index < -0.39 is 5.97 Å². The molecule has 4 nitrogen and oxygen atoms in total. The Morgan fingerprint density at radius 3 is 2.94 bits per heavy atom. The minimum absolute atomic E-state index is 0.114. The third-order valence-electron chi connectivity index (χ3n) is 2.38. The van der Waals surface area contributed by atoms with Gasteiger partial charge in [-0.1, -0.05) is 29.8 Å². The quantitative estimate of drug-likeness (QED) is 0.921. The summed E-state index contributed by atoms with van der Waals surface area (Å²) >= 11 is 5.37. The minimum Gasteiger partial charge on any atom is -0.487 e. The third-order valence-corrected chi connectivity index (χ3v) is 2.56. The number of pyridine rings is 1. The summed E-state index contributed by atoms with van der Waals surface area (Å²) in [5.41, 5.74) is 2.05. The van der Waals surface area contributed by atoms with Crippen LogP contribution in [-0.2, 0) is 0 Å². The van der Waals surface area contributed by atoms with E-state index in [0.717, 1.165) is 0 Å². The monoisotopic (exact) mass is 263 g/mol. The summed E-state index contributed by atoms with van der Waals surface area (Å²) in [5, 5.41) is 9.82. The van der Waals surface area contributed by atoms with Gasteiger partial charge in [0.15, 0.2) is 5.75 Å². The van der Waals surface area contributed by atoms with Crippen molar-refractivity contribution < 1.29 is 14.6 Å². The van der Waals surface area contributed by atoms with Gasteiger partial charge < -0.3 is 9.84 Å². The number of fused-ring (bicyclic) bond motifs is 1. The lowest BCUT2D eigenvalue weighted by Gasteiger charge is -2.09. The molecule has 92 valence electrons. The number of halogens is 1. The van der Waals surface area contributed by atoms with Gasteiger partial charge in [0, 0.05) is 10.9 Å². The zero-order valence-electron chi connectivity index (χ0n) is 9.34. The number of aromatic carboxylic acids is 1. The average molecular weight is 264 g/mol. The largest absolute Gasteiger partial charge is 0.487 e. The number of carboxylic acid groups (broad SMARTS) is 1. The number of carboxylic acids is 1. The zero-order chi connectivity index (χ0) is 13.0. The van der Waals surface area contributed by atoms with E-state index in [0.29, 0.717) is 10.9 Å². The average Bonchev–Trinajstić information content (AvgIpc) is 2.38. The summed E-state index contributed by atoms with van der Waals surface area (Å²) < 4.78 is 5.33. The van der Waals surface area contributed by atoms with E-state index in [2.05, 4.69) is 4.98 Å². The number of hydrogen-bond donors (Lipinski definition) is 1. The molecule has 1 aromatic carbocycles. The maximum atomic E-state index is 11.3. The van der Waals surface area contributed by atoms with E-state index in [4.69, 9.17) is 16.3 Å². The van der Waals surface area contributed by atoms with Crippen LogP contribution in [0.25, 0.3) is 10.9 Å². The molecule has 1 heterocycles.